The zero-order chi connectivity index (χ0) is 18.1. The van der Waals surface area contributed by atoms with Crippen LogP contribution in [0.5, 0.6) is 0 Å². The second-order valence-corrected chi connectivity index (χ2v) is 5.65. The minimum Gasteiger partial charge on any atom is -0.459 e. The molecule has 0 aliphatic heterocycles. The molecule has 0 amide bonds. The maximum absolute atomic E-state index is 12.3. The largest absolute Gasteiger partial charge is 0.459 e. The predicted octanol–water partition coefficient (Wildman–Crippen LogP) is 3.25. The van der Waals surface area contributed by atoms with Crippen LogP contribution in [0.3, 0.4) is 0 Å². The van der Waals surface area contributed by atoms with E-state index < -0.39 is 5.97 Å². The van der Waals surface area contributed by atoms with Crippen molar-refractivity contribution in [3.63, 3.8) is 0 Å². The van der Waals surface area contributed by atoms with E-state index in [0.29, 0.717) is 16.8 Å². The summed E-state index contributed by atoms with van der Waals surface area (Å²) >= 11 is 0. The van der Waals surface area contributed by atoms with E-state index in [2.05, 4.69) is 20.2 Å². The van der Waals surface area contributed by atoms with Crippen LogP contribution >= 0.6 is 0 Å². The molecule has 0 unspecified atom stereocenters. The third-order valence-electron chi connectivity index (χ3n) is 3.84. The van der Waals surface area contributed by atoms with Gasteiger partial charge in [0, 0.05) is 0 Å². The molecule has 0 saturated carbocycles. The number of ether oxygens (including phenoxy) is 1. The molecule has 4 rings (SSSR count). The number of rotatable bonds is 4. The molecule has 0 radical (unpaired) electrons. The van der Waals surface area contributed by atoms with Crippen LogP contribution in [0.15, 0.2) is 45.4 Å². The maximum atomic E-state index is 12.3. The van der Waals surface area contributed by atoms with Crippen LogP contribution in [-0.2, 0) is 11.3 Å². The Morgan fingerprint density at radius 1 is 1.08 bits per heavy atom. The van der Waals surface area contributed by atoms with Crippen LogP contribution in [0.2, 0.25) is 0 Å². The number of benzene rings is 1. The van der Waals surface area contributed by atoms with E-state index in [9.17, 15) is 4.79 Å². The van der Waals surface area contributed by atoms with Crippen molar-refractivity contribution in [3.05, 3.63) is 59.4 Å². The van der Waals surface area contributed by atoms with Gasteiger partial charge in [-0.2, -0.15) is 0 Å². The average molecular weight is 350 g/mol. The molecule has 0 aliphatic rings. The normalized spacial score (nSPS) is 11.0. The van der Waals surface area contributed by atoms with Gasteiger partial charge in [0.05, 0.1) is 34.2 Å². The quantitative estimate of drug-likeness (QED) is 0.517. The molecule has 0 saturated heterocycles. The van der Waals surface area contributed by atoms with Crippen molar-refractivity contribution < 1.29 is 18.4 Å². The summed E-state index contributed by atoms with van der Waals surface area (Å²) in [5.41, 5.74) is 3.42. The van der Waals surface area contributed by atoms with E-state index in [1.807, 2.05) is 13.8 Å². The molecule has 8 nitrogen and oxygen atoms in total. The first-order valence-electron chi connectivity index (χ1n) is 7.88. The lowest BCUT2D eigenvalue weighted by Gasteiger charge is -2.05. The van der Waals surface area contributed by atoms with E-state index in [-0.39, 0.29) is 18.4 Å². The molecule has 26 heavy (non-hydrogen) atoms. The van der Waals surface area contributed by atoms with Gasteiger partial charge in [0.2, 0.25) is 0 Å². The van der Waals surface area contributed by atoms with Gasteiger partial charge in [0.1, 0.15) is 0 Å². The van der Waals surface area contributed by atoms with Crippen molar-refractivity contribution in [1.29, 1.82) is 0 Å². The Kier molecular flexibility index (Phi) is 3.92. The minimum atomic E-state index is -0.510. The molecule has 0 atom stereocenters. The summed E-state index contributed by atoms with van der Waals surface area (Å²) in [4.78, 5) is 21.2. The Balaban J connectivity index is 1.48. The summed E-state index contributed by atoms with van der Waals surface area (Å²) in [5, 5.41) is 7.68. The molecule has 0 aliphatic carbocycles. The summed E-state index contributed by atoms with van der Waals surface area (Å²) in [6.45, 7) is 3.63. The van der Waals surface area contributed by atoms with E-state index in [0.717, 1.165) is 16.9 Å². The van der Waals surface area contributed by atoms with Gasteiger partial charge in [-0.05, 0) is 44.2 Å². The Hall–Kier alpha value is -3.55. The van der Waals surface area contributed by atoms with E-state index in [1.54, 1.807) is 30.3 Å². The first kappa shape index (κ1) is 15.9. The number of fused-ring (bicyclic) bond motifs is 1. The van der Waals surface area contributed by atoms with Crippen molar-refractivity contribution in [2.45, 2.75) is 20.5 Å². The second kappa shape index (κ2) is 6.40. The summed E-state index contributed by atoms with van der Waals surface area (Å²) < 4.78 is 15.8. The Labute approximate surface area is 147 Å². The van der Waals surface area contributed by atoms with Crippen molar-refractivity contribution >= 4 is 17.0 Å². The number of hydrogen-bond acceptors (Lipinski definition) is 8. The second-order valence-electron chi connectivity index (χ2n) is 5.65. The predicted molar refractivity (Wildman–Crippen MR) is 90.1 cm³/mol. The number of nitrogens with zero attached hydrogens (tertiary/aromatic N) is 4. The average Bonchev–Trinajstić information content (AvgIpc) is 3.31. The fourth-order valence-electron chi connectivity index (χ4n) is 2.38. The minimum absolute atomic E-state index is 0.136. The topological polar surface area (TPSA) is 104 Å². The van der Waals surface area contributed by atoms with E-state index in [4.69, 9.17) is 13.6 Å². The van der Waals surface area contributed by atoms with Crippen molar-refractivity contribution in [1.82, 2.24) is 20.2 Å². The number of carbonyl (C=O) groups excluding carboxylic acids is 1. The molecule has 3 heterocycles. The van der Waals surface area contributed by atoms with Gasteiger partial charge in [-0.1, -0.05) is 0 Å². The summed E-state index contributed by atoms with van der Waals surface area (Å²) in [6.07, 6.45) is 1.51. The molecule has 8 heteroatoms. The highest BCUT2D eigenvalue weighted by Crippen LogP contribution is 2.19. The highest BCUT2D eigenvalue weighted by Gasteiger charge is 2.14. The van der Waals surface area contributed by atoms with Crippen LogP contribution in [0.1, 0.15) is 27.6 Å². The van der Waals surface area contributed by atoms with E-state index in [1.165, 1.54) is 6.26 Å². The molecule has 0 bridgehead atoms. The van der Waals surface area contributed by atoms with Crippen LogP contribution in [-0.4, -0.2) is 26.1 Å². The molecule has 4 aromatic rings. The summed E-state index contributed by atoms with van der Waals surface area (Å²) in [7, 11) is 0. The molecule has 0 spiro atoms. The lowest BCUT2D eigenvalue weighted by atomic mass is 10.2. The van der Waals surface area contributed by atoms with Crippen LogP contribution in [0.4, 0.5) is 0 Å². The van der Waals surface area contributed by atoms with Crippen molar-refractivity contribution in [3.8, 4) is 11.7 Å². The molecular weight excluding hydrogens is 336 g/mol. The van der Waals surface area contributed by atoms with Gasteiger partial charge in [0.15, 0.2) is 12.4 Å². The fourth-order valence-corrected chi connectivity index (χ4v) is 2.38. The molecule has 0 fully saturated rings. The molecule has 0 N–H and O–H groups in total. The molecule has 1 aromatic carbocycles. The number of esters is 1. The summed E-state index contributed by atoms with van der Waals surface area (Å²) in [6, 6.07) is 8.46. The lowest BCUT2D eigenvalue weighted by Crippen LogP contribution is -2.06. The third kappa shape index (κ3) is 3.04. The molecule has 3 aromatic heterocycles. The number of carbonyl (C=O) groups is 1. The smallest absolute Gasteiger partial charge is 0.338 e. The van der Waals surface area contributed by atoms with Crippen molar-refractivity contribution in [2.75, 3.05) is 0 Å². The number of aromatic nitrogens is 4. The monoisotopic (exact) mass is 350 g/mol. The van der Waals surface area contributed by atoms with Gasteiger partial charge in [-0.25, -0.2) is 14.8 Å². The van der Waals surface area contributed by atoms with Gasteiger partial charge >= 0.3 is 5.97 Å². The number of furan rings is 1. The van der Waals surface area contributed by atoms with Crippen molar-refractivity contribution in [2.24, 2.45) is 0 Å². The SMILES string of the molecule is Cc1nc2ccc(C(=O)OCc3nnc(-c4ccco4)o3)cc2nc1C. The fraction of sp³-hybridized carbons (Fsp3) is 0.167. The van der Waals surface area contributed by atoms with Crippen LogP contribution < -0.4 is 0 Å². The highest BCUT2D eigenvalue weighted by molar-refractivity contribution is 5.93. The van der Waals surface area contributed by atoms with Gasteiger partial charge in [-0.15, -0.1) is 10.2 Å². The Bertz CT molecular complexity index is 1090. The number of aryl methyl sites for hydroxylation is 2. The maximum Gasteiger partial charge on any atom is 0.338 e. The standard InChI is InChI=1S/C18H14N4O4/c1-10-11(2)20-14-8-12(5-6-13(14)19-10)18(23)25-9-16-21-22-17(26-16)15-4-3-7-24-15/h3-8H,9H2,1-2H3. The van der Waals surface area contributed by atoms with Crippen LogP contribution in [0, 0.1) is 13.8 Å². The zero-order valence-electron chi connectivity index (χ0n) is 14.1. The number of hydrogen-bond donors (Lipinski definition) is 0. The molecular formula is C18H14N4O4. The summed E-state index contributed by atoms with van der Waals surface area (Å²) in [5.74, 6) is 0.350. The lowest BCUT2D eigenvalue weighted by molar-refractivity contribution is 0.0438. The first-order chi connectivity index (χ1) is 12.6. The Morgan fingerprint density at radius 2 is 1.88 bits per heavy atom. The highest BCUT2D eigenvalue weighted by atomic mass is 16.5. The molecule has 130 valence electrons. The first-order valence-corrected chi connectivity index (χ1v) is 7.88. The van der Waals surface area contributed by atoms with Gasteiger partial charge in [-0.3, -0.25) is 0 Å². The third-order valence-corrected chi connectivity index (χ3v) is 3.84. The van der Waals surface area contributed by atoms with Gasteiger partial charge < -0.3 is 13.6 Å². The van der Waals surface area contributed by atoms with Crippen LogP contribution in [0.25, 0.3) is 22.7 Å². The Morgan fingerprint density at radius 3 is 2.65 bits per heavy atom. The van der Waals surface area contributed by atoms with E-state index >= 15 is 0 Å². The van der Waals surface area contributed by atoms with Gasteiger partial charge in [0.25, 0.3) is 11.8 Å². The zero-order valence-corrected chi connectivity index (χ0v) is 14.1.